The number of anilines is 1. The fourth-order valence-electron chi connectivity index (χ4n) is 2.62. The fourth-order valence-corrected chi connectivity index (χ4v) is 2.96. The molecule has 0 radical (unpaired) electrons. The van der Waals surface area contributed by atoms with E-state index in [0.29, 0.717) is 10.2 Å². The Bertz CT molecular complexity index is 994. The van der Waals surface area contributed by atoms with Gasteiger partial charge in [-0.3, -0.25) is 14.9 Å². The van der Waals surface area contributed by atoms with Crippen LogP contribution in [0.2, 0.25) is 0 Å². The quantitative estimate of drug-likeness (QED) is 0.496. The Morgan fingerprint density at radius 2 is 2.04 bits per heavy atom. The van der Waals surface area contributed by atoms with E-state index in [1.807, 2.05) is 26.0 Å². The van der Waals surface area contributed by atoms with Crippen molar-refractivity contribution in [3.05, 3.63) is 67.9 Å². The van der Waals surface area contributed by atoms with Crippen molar-refractivity contribution in [2.75, 3.05) is 5.32 Å². The molecule has 7 heteroatoms. The SMILES string of the molecule is Cc1ccc2c(CC(=O)Nc3cc([N+](=O)[O-])ccc3Br)coc2c1C. The highest BCUT2D eigenvalue weighted by molar-refractivity contribution is 9.10. The number of furan rings is 1. The van der Waals surface area contributed by atoms with Crippen molar-refractivity contribution in [3.63, 3.8) is 0 Å². The summed E-state index contributed by atoms with van der Waals surface area (Å²) in [4.78, 5) is 22.7. The van der Waals surface area contributed by atoms with Gasteiger partial charge in [0.05, 0.1) is 23.3 Å². The van der Waals surface area contributed by atoms with Crippen LogP contribution < -0.4 is 5.32 Å². The fraction of sp³-hybridized carbons (Fsp3) is 0.167. The summed E-state index contributed by atoms with van der Waals surface area (Å²) in [5.74, 6) is -0.276. The van der Waals surface area contributed by atoms with Crippen molar-refractivity contribution < 1.29 is 14.1 Å². The molecule has 0 saturated carbocycles. The number of rotatable bonds is 4. The zero-order valence-corrected chi connectivity index (χ0v) is 15.2. The van der Waals surface area contributed by atoms with E-state index in [4.69, 9.17) is 4.42 Å². The molecule has 0 bridgehead atoms. The highest BCUT2D eigenvalue weighted by Crippen LogP contribution is 2.29. The van der Waals surface area contributed by atoms with Crippen LogP contribution in [0, 0.1) is 24.0 Å². The van der Waals surface area contributed by atoms with Gasteiger partial charge in [0.1, 0.15) is 5.58 Å². The van der Waals surface area contributed by atoms with Crippen LogP contribution in [-0.4, -0.2) is 10.8 Å². The molecule has 6 nitrogen and oxygen atoms in total. The van der Waals surface area contributed by atoms with E-state index in [9.17, 15) is 14.9 Å². The molecule has 0 spiro atoms. The van der Waals surface area contributed by atoms with Crippen molar-refractivity contribution in [2.45, 2.75) is 20.3 Å². The summed E-state index contributed by atoms with van der Waals surface area (Å²) in [6.07, 6.45) is 1.70. The average molecular weight is 403 g/mol. The Balaban J connectivity index is 1.83. The van der Waals surface area contributed by atoms with Crippen LogP contribution in [0.15, 0.2) is 45.5 Å². The van der Waals surface area contributed by atoms with Gasteiger partial charge in [0.25, 0.3) is 5.69 Å². The number of aryl methyl sites for hydroxylation is 2. The first-order valence-electron chi connectivity index (χ1n) is 7.57. The number of hydrogen-bond donors (Lipinski definition) is 1. The largest absolute Gasteiger partial charge is 0.464 e. The zero-order valence-electron chi connectivity index (χ0n) is 13.6. The van der Waals surface area contributed by atoms with Crippen molar-refractivity contribution in [1.29, 1.82) is 0 Å². The molecular formula is C18H15BrN2O4. The number of hydrogen-bond acceptors (Lipinski definition) is 4. The minimum atomic E-state index is -0.503. The second-order valence-electron chi connectivity index (χ2n) is 5.79. The smallest absolute Gasteiger partial charge is 0.271 e. The van der Waals surface area contributed by atoms with Crippen LogP contribution in [0.4, 0.5) is 11.4 Å². The van der Waals surface area contributed by atoms with E-state index in [2.05, 4.69) is 21.2 Å². The molecule has 0 aliphatic carbocycles. The van der Waals surface area contributed by atoms with E-state index in [-0.39, 0.29) is 18.0 Å². The van der Waals surface area contributed by atoms with Crippen molar-refractivity contribution in [2.24, 2.45) is 0 Å². The van der Waals surface area contributed by atoms with Gasteiger partial charge in [0.2, 0.25) is 5.91 Å². The molecule has 1 amide bonds. The highest BCUT2D eigenvalue weighted by atomic mass is 79.9. The summed E-state index contributed by atoms with van der Waals surface area (Å²) in [5, 5.41) is 14.5. The molecule has 0 unspecified atom stereocenters. The number of nitro benzene ring substituents is 1. The Labute approximate surface area is 152 Å². The first-order chi connectivity index (χ1) is 11.9. The molecule has 3 rings (SSSR count). The summed E-state index contributed by atoms with van der Waals surface area (Å²) in [6.45, 7) is 3.98. The molecule has 2 aromatic carbocycles. The summed E-state index contributed by atoms with van der Waals surface area (Å²) >= 11 is 3.29. The zero-order chi connectivity index (χ0) is 18.1. The summed E-state index contributed by atoms with van der Waals surface area (Å²) in [6, 6.07) is 8.16. The summed E-state index contributed by atoms with van der Waals surface area (Å²) < 4.78 is 6.19. The third kappa shape index (κ3) is 3.41. The molecule has 1 aromatic heterocycles. The lowest BCUT2D eigenvalue weighted by atomic mass is 10.0. The predicted octanol–water partition coefficient (Wildman–Crippen LogP) is 4.90. The third-order valence-corrected chi connectivity index (χ3v) is 4.82. The molecule has 1 heterocycles. The molecule has 0 fully saturated rings. The van der Waals surface area contributed by atoms with Gasteiger partial charge in [-0.2, -0.15) is 0 Å². The lowest BCUT2D eigenvalue weighted by Gasteiger charge is -2.07. The first-order valence-corrected chi connectivity index (χ1v) is 8.36. The second-order valence-corrected chi connectivity index (χ2v) is 6.65. The van der Waals surface area contributed by atoms with E-state index in [1.165, 1.54) is 18.2 Å². The molecular weight excluding hydrogens is 388 g/mol. The molecule has 128 valence electrons. The number of carbonyl (C=O) groups is 1. The van der Waals surface area contributed by atoms with Crippen LogP contribution >= 0.6 is 15.9 Å². The third-order valence-electron chi connectivity index (χ3n) is 4.13. The molecule has 25 heavy (non-hydrogen) atoms. The Morgan fingerprint density at radius 1 is 1.28 bits per heavy atom. The maximum Gasteiger partial charge on any atom is 0.271 e. The standard InChI is InChI=1S/C18H15BrN2O4/c1-10-3-5-14-12(9-25-18(14)11(10)2)7-17(22)20-16-8-13(21(23)24)4-6-15(16)19/h3-6,8-9H,7H2,1-2H3,(H,20,22). The van der Waals surface area contributed by atoms with Gasteiger partial charge in [-0.15, -0.1) is 0 Å². The monoisotopic (exact) mass is 402 g/mol. The maximum absolute atomic E-state index is 12.4. The van der Waals surface area contributed by atoms with Gasteiger partial charge in [0, 0.05) is 27.6 Å². The van der Waals surface area contributed by atoms with E-state index >= 15 is 0 Å². The van der Waals surface area contributed by atoms with Crippen molar-refractivity contribution in [1.82, 2.24) is 0 Å². The predicted molar refractivity (Wildman–Crippen MR) is 98.8 cm³/mol. The summed E-state index contributed by atoms with van der Waals surface area (Å²) in [5.41, 5.74) is 4.00. The number of fused-ring (bicyclic) bond motifs is 1. The minimum Gasteiger partial charge on any atom is -0.464 e. The molecule has 0 saturated heterocycles. The van der Waals surface area contributed by atoms with Gasteiger partial charge in [-0.25, -0.2) is 0 Å². The summed E-state index contributed by atoms with van der Waals surface area (Å²) in [7, 11) is 0. The maximum atomic E-state index is 12.4. The van der Waals surface area contributed by atoms with Gasteiger partial charge < -0.3 is 9.73 Å². The van der Waals surface area contributed by atoms with Crippen LogP contribution in [0.25, 0.3) is 11.0 Å². The average Bonchev–Trinajstić information content (AvgIpc) is 2.96. The molecule has 0 aliphatic rings. The van der Waals surface area contributed by atoms with Gasteiger partial charge >= 0.3 is 0 Å². The van der Waals surface area contributed by atoms with Crippen molar-refractivity contribution >= 4 is 44.2 Å². The van der Waals surface area contributed by atoms with Gasteiger partial charge in [0.15, 0.2) is 0 Å². The molecule has 0 atom stereocenters. The Morgan fingerprint density at radius 3 is 2.76 bits per heavy atom. The Hall–Kier alpha value is -2.67. The number of halogens is 1. The van der Waals surface area contributed by atoms with Crippen LogP contribution in [0.1, 0.15) is 16.7 Å². The van der Waals surface area contributed by atoms with Crippen LogP contribution in [0.5, 0.6) is 0 Å². The molecule has 3 aromatic rings. The van der Waals surface area contributed by atoms with E-state index < -0.39 is 4.92 Å². The number of amides is 1. The topological polar surface area (TPSA) is 85.4 Å². The number of non-ortho nitro benzene ring substituents is 1. The van der Waals surface area contributed by atoms with Crippen LogP contribution in [0.3, 0.4) is 0 Å². The number of nitro groups is 1. The number of carbonyl (C=O) groups excluding carboxylic acids is 1. The van der Waals surface area contributed by atoms with Crippen molar-refractivity contribution in [3.8, 4) is 0 Å². The lowest BCUT2D eigenvalue weighted by molar-refractivity contribution is -0.384. The normalized spacial score (nSPS) is 10.8. The Kier molecular flexibility index (Phi) is 4.59. The first kappa shape index (κ1) is 17.2. The van der Waals surface area contributed by atoms with Crippen LogP contribution in [-0.2, 0) is 11.2 Å². The van der Waals surface area contributed by atoms with Gasteiger partial charge in [-0.05, 0) is 47.0 Å². The van der Waals surface area contributed by atoms with Gasteiger partial charge in [-0.1, -0.05) is 12.1 Å². The lowest BCUT2D eigenvalue weighted by Crippen LogP contribution is -2.14. The highest BCUT2D eigenvalue weighted by Gasteiger charge is 2.15. The van der Waals surface area contributed by atoms with E-state index in [1.54, 1.807) is 6.26 Å². The molecule has 0 aliphatic heterocycles. The minimum absolute atomic E-state index is 0.0849. The second kappa shape index (κ2) is 6.68. The number of nitrogens with zero attached hydrogens (tertiary/aromatic N) is 1. The number of nitrogens with one attached hydrogen (secondary N) is 1. The number of benzene rings is 2. The molecule has 1 N–H and O–H groups in total. The van der Waals surface area contributed by atoms with E-state index in [0.717, 1.165) is 27.7 Å².